The predicted molar refractivity (Wildman–Crippen MR) is 177 cm³/mol. The number of carboxylic acids is 3. The average molecular weight is 611 g/mol. The molecule has 0 aromatic heterocycles. The fourth-order valence-corrected chi connectivity index (χ4v) is 6.80. The molecule has 0 aliphatic carbocycles. The van der Waals surface area contributed by atoms with Crippen LogP contribution in [0.25, 0.3) is 0 Å². The van der Waals surface area contributed by atoms with Gasteiger partial charge in [-0.25, -0.2) is 14.4 Å². The van der Waals surface area contributed by atoms with E-state index in [-0.39, 0.29) is 30.3 Å². The van der Waals surface area contributed by atoms with Crippen molar-refractivity contribution < 1.29 is 34.2 Å². The van der Waals surface area contributed by atoms with Crippen LogP contribution in [0.4, 0.5) is 0 Å². The second kappa shape index (κ2) is 26.5. The SMILES string of the molecule is CCCC/C=C/CCCCCCCCCCCCCCC[N+](C(CCC)C(=O)O)(C(CCC)C(=O)O)C(CCC)C(=O)O. The van der Waals surface area contributed by atoms with Crippen LogP contribution in [0.2, 0.25) is 0 Å². The van der Waals surface area contributed by atoms with E-state index in [1.165, 1.54) is 83.5 Å². The molecule has 0 radical (unpaired) electrons. The maximum absolute atomic E-state index is 12.6. The Morgan fingerprint density at radius 1 is 0.465 bits per heavy atom. The second-order valence-corrected chi connectivity index (χ2v) is 12.6. The molecule has 3 atom stereocenters. The number of nitrogens with zero attached hydrogens (tertiary/aromatic N) is 1. The predicted octanol–water partition coefficient (Wildman–Crippen LogP) is 9.77. The monoisotopic (exact) mass is 611 g/mol. The van der Waals surface area contributed by atoms with Crippen LogP contribution in [-0.2, 0) is 14.4 Å². The first-order valence-corrected chi connectivity index (χ1v) is 17.9. The van der Waals surface area contributed by atoms with Gasteiger partial charge in [0.25, 0.3) is 0 Å². The van der Waals surface area contributed by atoms with E-state index in [0.29, 0.717) is 25.7 Å². The summed E-state index contributed by atoms with van der Waals surface area (Å²) in [7, 11) is 0. The third-order valence-corrected chi connectivity index (χ3v) is 9.09. The number of allylic oxidation sites excluding steroid dienone is 2. The van der Waals surface area contributed by atoms with Gasteiger partial charge in [0.05, 0.1) is 6.54 Å². The number of carboxylic acid groups (broad SMARTS) is 3. The first kappa shape index (κ1) is 41.1. The molecule has 0 saturated carbocycles. The highest BCUT2D eigenvalue weighted by Crippen LogP contribution is 2.34. The van der Waals surface area contributed by atoms with Gasteiger partial charge in [0.2, 0.25) is 0 Å². The molecule has 0 fully saturated rings. The van der Waals surface area contributed by atoms with Gasteiger partial charge in [-0.3, -0.25) is 4.48 Å². The summed E-state index contributed by atoms with van der Waals surface area (Å²) in [4.78, 5) is 37.8. The number of rotatable bonds is 31. The maximum Gasteiger partial charge on any atom is 0.362 e. The van der Waals surface area contributed by atoms with Crippen molar-refractivity contribution in [2.45, 2.75) is 193 Å². The molecule has 7 nitrogen and oxygen atoms in total. The molecule has 0 rings (SSSR count). The molecule has 0 aromatic rings. The molecule has 3 N–H and O–H groups in total. The highest BCUT2D eigenvalue weighted by molar-refractivity contribution is 5.78. The lowest BCUT2D eigenvalue weighted by molar-refractivity contribution is -0.973. The topological polar surface area (TPSA) is 112 Å². The highest BCUT2D eigenvalue weighted by Gasteiger charge is 2.56. The molecular weight excluding hydrogens is 542 g/mol. The molecule has 0 aliphatic rings. The Labute approximate surface area is 264 Å². The van der Waals surface area contributed by atoms with Crippen molar-refractivity contribution in [3.8, 4) is 0 Å². The highest BCUT2D eigenvalue weighted by atomic mass is 16.4. The molecule has 0 saturated heterocycles. The number of quaternary nitrogens is 1. The number of unbranched alkanes of at least 4 members (excludes halogenated alkanes) is 15. The molecular formula is C36H68NO6+. The molecule has 43 heavy (non-hydrogen) atoms. The van der Waals surface area contributed by atoms with E-state index in [1.54, 1.807) is 0 Å². The summed E-state index contributed by atoms with van der Waals surface area (Å²) in [6, 6.07) is -3.13. The number of hydrogen-bond acceptors (Lipinski definition) is 3. The standard InChI is InChI=1S/C36H67NO6/c1-5-9-10-11-12-13-14-15-16-17-18-19-20-21-22-23-24-25-26-30-37(31(27-6-2)34(38)39,32(28-7-3)35(40)41)33(29-8-4)36(42)43/h11-12,31-33H,5-10,13-30H2,1-4H3,(H2-,38,39,40,41,42,43)/p+1/b12-11+. The zero-order valence-electron chi connectivity index (χ0n) is 28.4. The van der Waals surface area contributed by atoms with E-state index < -0.39 is 36.0 Å². The fourth-order valence-electron chi connectivity index (χ4n) is 6.80. The van der Waals surface area contributed by atoms with Gasteiger partial charge in [-0.05, 0) is 51.4 Å². The average Bonchev–Trinajstić information content (AvgIpc) is 2.97. The molecule has 0 aliphatic heterocycles. The minimum atomic E-state index is -1.08. The molecule has 0 heterocycles. The van der Waals surface area contributed by atoms with Crippen LogP contribution in [0.3, 0.4) is 0 Å². The number of carbonyl (C=O) groups is 3. The minimum Gasteiger partial charge on any atom is -0.477 e. The molecule has 0 aromatic carbocycles. The molecule has 0 spiro atoms. The summed E-state index contributed by atoms with van der Waals surface area (Å²) in [5.74, 6) is -3.25. The summed E-state index contributed by atoms with van der Waals surface area (Å²) in [6.07, 6.45) is 27.4. The lowest BCUT2D eigenvalue weighted by Gasteiger charge is -2.50. The van der Waals surface area contributed by atoms with Gasteiger partial charge >= 0.3 is 17.9 Å². The Bertz CT molecular complexity index is 692. The van der Waals surface area contributed by atoms with Crippen molar-refractivity contribution in [2.75, 3.05) is 6.54 Å². The molecule has 3 unspecified atom stereocenters. The lowest BCUT2D eigenvalue weighted by Crippen LogP contribution is -2.72. The van der Waals surface area contributed by atoms with Crippen LogP contribution in [-0.4, -0.2) is 62.4 Å². The third kappa shape index (κ3) is 16.7. The minimum absolute atomic E-state index is 0.271. The summed E-state index contributed by atoms with van der Waals surface area (Å²) in [5, 5.41) is 30.9. The van der Waals surface area contributed by atoms with E-state index in [2.05, 4.69) is 19.1 Å². The largest absolute Gasteiger partial charge is 0.477 e. The Kier molecular flexibility index (Phi) is 25.3. The van der Waals surface area contributed by atoms with Crippen molar-refractivity contribution >= 4 is 17.9 Å². The van der Waals surface area contributed by atoms with Gasteiger partial charge in [0.15, 0.2) is 18.1 Å². The van der Waals surface area contributed by atoms with Crippen molar-refractivity contribution in [3.05, 3.63) is 12.2 Å². The molecule has 7 heteroatoms. The van der Waals surface area contributed by atoms with Gasteiger partial charge < -0.3 is 15.3 Å². The smallest absolute Gasteiger partial charge is 0.362 e. The number of hydrogen-bond donors (Lipinski definition) is 3. The van der Waals surface area contributed by atoms with Crippen LogP contribution in [0.1, 0.15) is 175 Å². The van der Waals surface area contributed by atoms with E-state index >= 15 is 0 Å². The zero-order chi connectivity index (χ0) is 32.3. The fraction of sp³-hybridized carbons (Fsp3) is 0.861. The van der Waals surface area contributed by atoms with Crippen molar-refractivity contribution in [1.29, 1.82) is 0 Å². The van der Waals surface area contributed by atoms with Gasteiger partial charge in [0, 0.05) is 19.3 Å². The summed E-state index contributed by atoms with van der Waals surface area (Å²) in [5.41, 5.74) is 0. The van der Waals surface area contributed by atoms with Crippen molar-refractivity contribution in [2.24, 2.45) is 0 Å². The van der Waals surface area contributed by atoms with E-state index in [1.807, 2.05) is 20.8 Å². The Balaban J connectivity index is 4.80. The van der Waals surface area contributed by atoms with Crippen LogP contribution >= 0.6 is 0 Å². The first-order valence-electron chi connectivity index (χ1n) is 17.9. The summed E-state index contributed by atoms with van der Waals surface area (Å²) >= 11 is 0. The lowest BCUT2D eigenvalue weighted by atomic mass is 9.91. The Morgan fingerprint density at radius 2 is 0.767 bits per heavy atom. The summed E-state index contributed by atoms with van der Waals surface area (Å²) < 4.78 is -0.370. The summed E-state index contributed by atoms with van der Waals surface area (Å²) in [6.45, 7) is 8.15. The van der Waals surface area contributed by atoms with E-state index in [4.69, 9.17) is 0 Å². The Hall–Kier alpha value is -1.89. The molecule has 252 valence electrons. The quantitative estimate of drug-likeness (QED) is 0.0409. The van der Waals surface area contributed by atoms with Crippen LogP contribution in [0.5, 0.6) is 0 Å². The van der Waals surface area contributed by atoms with Gasteiger partial charge in [-0.15, -0.1) is 0 Å². The Morgan fingerprint density at radius 3 is 1.07 bits per heavy atom. The molecule has 0 bridgehead atoms. The van der Waals surface area contributed by atoms with Crippen LogP contribution in [0.15, 0.2) is 12.2 Å². The zero-order valence-corrected chi connectivity index (χ0v) is 28.4. The first-order chi connectivity index (χ1) is 20.7. The number of aliphatic carboxylic acids is 3. The van der Waals surface area contributed by atoms with Crippen LogP contribution < -0.4 is 0 Å². The van der Waals surface area contributed by atoms with E-state index in [9.17, 15) is 29.7 Å². The van der Waals surface area contributed by atoms with Gasteiger partial charge in [0.1, 0.15) is 0 Å². The van der Waals surface area contributed by atoms with Crippen molar-refractivity contribution in [3.63, 3.8) is 0 Å². The normalized spacial score (nSPS) is 15.3. The van der Waals surface area contributed by atoms with Crippen molar-refractivity contribution in [1.82, 2.24) is 0 Å². The van der Waals surface area contributed by atoms with E-state index in [0.717, 1.165) is 19.3 Å². The third-order valence-electron chi connectivity index (χ3n) is 9.09. The van der Waals surface area contributed by atoms with Crippen LogP contribution in [0, 0.1) is 0 Å². The molecule has 0 amide bonds. The van der Waals surface area contributed by atoms with Gasteiger partial charge in [-0.1, -0.05) is 117 Å². The maximum atomic E-state index is 12.6. The second-order valence-electron chi connectivity index (χ2n) is 12.6. The van der Waals surface area contributed by atoms with Gasteiger partial charge in [-0.2, -0.15) is 0 Å².